The van der Waals surface area contributed by atoms with Gasteiger partial charge in [-0.25, -0.2) is 0 Å². The number of hydrogen-bond donors (Lipinski definition) is 2. The molecule has 0 rings (SSSR count). The van der Waals surface area contributed by atoms with Crippen LogP contribution in [0.3, 0.4) is 0 Å². The van der Waals surface area contributed by atoms with Gasteiger partial charge in [-0.3, -0.25) is 0 Å². The molecule has 0 fully saturated rings. The van der Waals surface area contributed by atoms with Gasteiger partial charge in [0.1, 0.15) is 0 Å². The van der Waals surface area contributed by atoms with Gasteiger partial charge in [0.25, 0.3) is 0 Å². The van der Waals surface area contributed by atoms with E-state index >= 15 is 0 Å². The minimum absolute atomic E-state index is 0.125. The zero-order valence-corrected chi connectivity index (χ0v) is 18.1. The summed E-state index contributed by atoms with van der Waals surface area (Å²) in [7, 11) is 0. The molecule has 0 aromatic carbocycles. The Bertz CT molecular complexity index is 291. The quantitative estimate of drug-likeness (QED) is 0.309. The summed E-state index contributed by atoms with van der Waals surface area (Å²) in [6.45, 7) is 9.47. The van der Waals surface area contributed by atoms with Crippen LogP contribution in [0.5, 0.6) is 0 Å². The van der Waals surface area contributed by atoms with Gasteiger partial charge in [-0.05, 0) is 0 Å². The minimum atomic E-state index is -4.42. The molecule has 5 nitrogen and oxygen atoms in total. The maximum absolute atomic E-state index is 13.7. The van der Waals surface area contributed by atoms with Gasteiger partial charge < -0.3 is 10.2 Å². The Hall–Kier alpha value is 0.354. The van der Waals surface area contributed by atoms with E-state index in [0.717, 1.165) is 51.4 Å². The van der Waals surface area contributed by atoms with E-state index in [1.54, 1.807) is 0 Å². The van der Waals surface area contributed by atoms with E-state index in [1.807, 2.05) is 0 Å². The van der Waals surface area contributed by atoms with Crippen molar-refractivity contribution < 1.29 is 36.2 Å². The molecule has 0 aliphatic rings. The Morgan fingerprint density at radius 1 is 0.667 bits per heavy atom. The van der Waals surface area contributed by atoms with Crippen LogP contribution < -0.4 is 0 Å². The van der Waals surface area contributed by atoms with Crippen LogP contribution in [0.1, 0.15) is 79.1 Å². The van der Waals surface area contributed by atoms with Crippen LogP contribution in [-0.2, 0) is 26.0 Å². The van der Waals surface area contributed by atoms with Crippen molar-refractivity contribution in [2.75, 3.05) is 26.4 Å². The predicted molar refractivity (Wildman–Crippen MR) is 96.0 cm³/mol. The first-order chi connectivity index (χ1) is 11.5. The Kier molecular flexibility index (Phi) is 18.6. The van der Waals surface area contributed by atoms with Gasteiger partial charge in [-0.15, -0.1) is 0 Å². The monoisotopic (exact) mass is 386 g/mol. The Morgan fingerprint density at radius 2 is 1.00 bits per heavy atom. The second kappa shape index (κ2) is 16.8. The van der Waals surface area contributed by atoms with Crippen LogP contribution in [-0.4, -0.2) is 36.6 Å². The van der Waals surface area contributed by atoms with Crippen molar-refractivity contribution >= 4 is 0 Å². The van der Waals surface area contributed by atoms with E-state index in [4.69, 9.17) is 16.8 Å². The van der Waals surface area contributed by atoms with E-state index < -0.39 is 16.1 Å². The smallest absolute Gasteiger partial charge is 0.0662 e. The summed E-state index contributed by atoms with van der Waals surface area (Å²) < 4.78 is 27.0. The first-order valence-electron chi connectivity index (χ1n) is 9.86. The molecule has 0 unspecified atom stereocenters. The van der Waals surface area contributed by atoms with Gasteiger partial charge in [0.05, 0.1) is 13.2 Å². The van der Waals surface area contributed by atoms with Gasteiger partial charge in [-0.1, -0.05) is 0 Å². The van der Waals surface area contributed by atoms with Gasteiger partial charge in [0.2, 0.25) is 0 Å². The fourth-order valence-corrected chi connectivity index (χ4v) is 8.91. The molecule has 0 saturated heterocycles. The molecule has 24 heavy (non-hydrogen) atoms. The summed E-state index contributed by atoms with van der Waals surface area (Å²) in [5.41, 5.74) is 0. The van der Waals surface area contributed by atoms with Crippen molar-refractivity contribution in [3.63, 3.8) is 0 Å². The molecule has 0 heterocycles. The van der Waals surface area contributed by atoms with E-state index in [9.17, 15) is 3.32 Å². The van der Waals surface area contributed by atoms with E-state index in [0.29, 0.717) is 22.7 Å². The fraction of sp³-hybridized carbons (Fsp3) is 1.00. The average Bonchev–Trinajstić information content (AvgIpc) is 2.59. The summed E-state index contributed by atoms with van der Waals surface area (Å²) in [5, 5.41) is 15.2. The Balaban J connectivity index is 0. The number of unbranched alkanes of at least 4 members (excludes halogenated alkanes) is 4. The summed E-state index contributed by atoms with van der Waals surface area (Å²) in [4.78, 5) is 0. The first-order valence-corrected chi connectivity index (χ1v) is 14.0. The summed E-state index contributed by atoms with van der Waals surface area (Å²) in [6, 6.07) is 0. The molecule has 0 aromatic heterocycles. The average molecular weight is 386 g/mol. The standard InChI is InChI=1S/2C4H9O.2C4H9.C2H6O2.O.Ti/c2*1-2-3-4-5;2*1-3-4-2;3-1-2-4;;/h2*2-4H2,1H3;2*1,3-4H2,2H3;3-4H,1-2H2;;/q2*-1;;;;;+2. The van der Waals surface area contributed by atoms with E-state index in [1.165, 1.54) is 0 Å². The SMILES string of the molecule is CCCC[O][Ti](=[O])([CH2]CCC)([CH2]CCC)[O]CCCC.OCCO. The van der Waals surface area contributed by atoms with Crippen molar-refractivity contribution in [2.45, 2.75) is 88.5 Å². The summed E-state index contributed by atoms with van der Waals surface area (Å²) in [5.74, 6) is 0. The van der Waals surface area contributed by atoms with Gasteiger partial charge >= 0.3 is 128 Å². The van der Waals surface area contributed by atoms with Crippen LogP contribution in [0.4, 0.5) is 0 Å². The second-order valence-corrected chi connectivity index (χ2v) is 13.2. The van der Waals surface area contributed by atoms with Crippen molar-refractivity contribution in [3.8, 4) is 0 Å². The second-order valence-electron chi connectivity index (χ2n) is 6.42. The fourth-order valence-electron chi connectivity index (χ4n) is 2.38. The van der Waals surface area contributed by atoms with Crippen LogP contribution in [0, 0.1) is 0 Å². The van der Waals surface area contributed by atoms with Crippen LogP contribution in [0.2, 0.25) is 9.45 Å². The number of aliphatic hydroxyl groups is 2. The topological polar surface area (TPSA) is 76.0 Å². The molecule has 0 aliphatic heterocycles. The zero-order valence-electron chi connectivity index (χ0n) is 16.5. The number of aliphatic hydroxyl groups excluding tert-OH is 2. The molecule has 0 bridgehead atoms. The van der Waals surface area contributed by atoms with Gasteiger partial charge in [0.15, 0.2) is 0 Å². The van der Waals surface area contributed by atoms with Gasteiger partial charge in [0, 0.05) is 0 Å². The molecule has 0 amide bonds. The molecule has 6 heteroatoms. The molecule has 0 saturated carbocycles. The molecule has 0 radical (unpaired) electrons. The van der Waals surface area contributed by atoms with Crippen molar-refractivity contribution in [2.24, 2.45) is 0 Å². The van der Waals surface area contributed by atoms with Crippen LogP contribution in [0.15, 0.2) is 0 Å². The molecular formula is C18H42O5Ti. The van der Waals surface area contributed by atoms with Crippen LogP contribution >= 0.6 is 0 Å². The normalized spacial score (nSPS) is 12.0. The number of hydrogen-bond acceptors (Lipinski definition) is 5. The summed E-state index contributed by atoms with van der Waals surface area (Å²) >= 11 is -4.42. The van der Waals surface area contributed by atoms with E-state index in [-0.39, 0.29) is 13.2 Å². The Morgan fingerprint density at radius 3 is 1.25 bits per heavy atom. The zero-order chi connectivity index (χ0) is 18.8. The molecule has 0 atom stereocenters. The third-order valence-corrected chi connectivity index (χ3v) is 10.7. The predicted octanol–water partition coefficient (Wildman–Crippen LogP) is 4.89. The molecule has 0 aromatic rings. The molecule has 0 spiro atoms. The molecular weight excluding hydrogens is 344 g/mol. The maximum Gasteiger partial charge on any atom is 0.0662 e. The largest absolute Gasteiger partial charge is 0.394 e. The molecule has 0 aliphatic carbocycles. The third-order valence-electron chi connectivity index (χ3n) is 3.97. The first kappa shape index (κ1) is 26.6. The molecule has 2 N–H and O–H groups in total. The number of rotatable bonds is 15. The van der Waals surface area contributed by atoms with Gasteiger partial charge in [-0.2, -0.15) is 0 Å². The summed E-state index contributed by atoms with van der Waals surface area (Å²) in [6.07, 6.45) is 8.06. The van der Waals surface area contributed by atoms with Crippen molar-refractivity contribution in [1.82, 2.24) is 0 Å². The van der Waals surface area contributed by atoms with Crippen LogP contribution in [0.25, 0.3) is 0 Å². The minimum Gasteiger partial charge on any atom is -0.394 e. The van der Waals surface area contributed by atoms with Crippen molar-refractivity contribution in [1.29, 1.82) is 0 Å². The Labute approximate surface area is 151 Å². The third kappa shape index (κ3) is 13.6. The van der Waals surface area contributed by atoms with Crippen molar-refractivity contribution in [3.05, 3.63) is 0 Å². The van der Waals surface area contributed by atoms with E-state index in [2.05, 4.69) is 27.7 Å². The molecule has 148 valence electrons. The maximum atomic E-state index is 13.7.